The van der Waals surface area contributed by atoms with Crippen LogP contribution >= 0.6 is 0 Å². The predicted octanol–water partition coefficient (Wildman–Crippen LogP) is 3.76. The normalized spacial score (nSPS) is 19.7. The highest BCUT2D eigenvalue weighted by atomic mass is 28.3. The Morgan fingerprint density at radius 2 is 1.77 bits per heavy atom. The molecule has 0 aliphatic carbocycles. The summed E-state index contributed by atoms with van der Waals surface area (Å²) in [5, 5.41) is 0. The molecule has 1 aromatic carbocycles. The Hall–Kier alpha value is -1.06. The molecule has 0 unspecified atom stereocenters. The zero-order valence-corrected chi connectivity index (χ0v) is 20.8. The van der Waals surface area contributed by atoms with E-state index in [1.165, 1.54) is 0 Å². The standard InChI is InChI=1S/C22H37BO6Si/c1-21(2)22(3,4)29-23(28-21)19-16(14-24-5)13-18-17(9-10-26-18)20(19)27-15-25-11-12-30(6,7)8/h13H,9-12,14-15H2,1-8H3. The van der Waals surface area contributed by atoms with E-state index < -0.39 is 26.4 Å². The molecule has 0 saturated carbocycles. The van der Waals surface area contributed by atoms with E-state index in [0.29, 0.717) is 19.8 Å². The molecule has 0 atom stereocenters. The maximum absolute atomic E-state index is 6.38. The lowest BCUT2D eigenvalue weighted by Gasteiger charge is -2.32. The van der Waals surface area contributed by atoms with E-state index in [9.17, 15) is 0 Å². The molecule has 0 amide bonds. The van der Waals surface area contributed by atoms with Crippen molar-refractivity contribution < 1.29 is 28.3 Å². The number of benzene rings is 1. The smallest absolute Gasteiger partial charge is 0.493 e. The van der Waals surface area contributed by atoms with E-state index in [2.05, 4.69) is 47.3 Å². The summed E-state index contributed by atoms with van der Waals surface area (Å²) >= 11 is 0. The highest BCUT2D eigenvalue weighted by Gasteiger charge is 2.53. The fraction of sp³-hybridized carbons (Fsp3) is 0.727. The molecule has 0 N–H and O–H groups in total. The van der Waals surface area contributed by atoms with Gasteiger partial charge in [-0.05, 0) is 45.4 Å². The van der Waals surface area contributed by atoms with Crippen LogP contribution in [-0.4, -0.2) is 53.5 Å². The minimum atomic E-state index is -1.14. The van der Waals surface area contributed by atoms with Gasteiger partial charge in [-0.1, -0.05) is 19.6 Å². The summed E-state index contributed by atoms with van der Waals surface area (Å²) < 4.78 is 36.1. The third-order valence-electron chi connectivity index (χ3n) is 6.15. The molecule has 0 radical (unpaired) electrons. The molecule has 1 fully saturated rings. The van der Waals surface area contributed by atoms with E-state index in [0.717, 1.165) is 40.6 Å². The molecule has 2 aliphatic rings. The van der Waals surface area contributed by atoms with Gasteiger partial charge >= 0.3 is 7.12 Å². The van der Waals surface area contributed by atoms with Crippen molar-refractivity contribution in [1.82, 2.24) is 0 Å². The van der Waals surface area contributed by atoms with Crippen LogP contribution in [0.25, 0.3) is 0 Å². The van der Waals surface area contributed by atoms with Crippen molar-refractivity contribution in [3.8, 4) is 11.5 Å². The molecule has 3 rings (SSSR count). The molecule has 6 nitrogen and oxygen atoms in total. The Bertz CT molecular complexity index is 743. The quantitative estimate of drug-likeness (QED) is 0.334. The van der Waals surface area contributed by atoms with Gasteiger partial charge < -0.3 is 28.3 Å². The van der Waals surface area contributed by atoms with Gasteiger partial charge in [-0.25, -0.2) is 0 Å². The highest BCUT2D eigenvalue weighted by molar-refractivity contribution is 6.76. The van der Waals surface area contributed by atoms with Crippen LogP contribution in [0.2, 0.25) is 25.7 Å². The van der Waals surface area contributed by atoms with Gasteiger partial charge in [-0.3, -0.25) is 0 Å². The lowest BCUT2D eigenvalue weighted by atomic mass is 9.74. The van der Waals surface area contributed by atoms with Crippen LogP contribution in [0.1, 0.15) is 38.8 Å². The molecule has 8 heteroatoms. The summed E-state index contributed by atoms with van der Waals surface area (Å²) in [5.41, 5.74) is 2.00. The maximum atomic E-state index is 6.38. The van der Waals surface area contributed by atoms with Gasteiger partial charge in [-0.15, -0.1) is 0 Å². The molecule has 0 bridgehead atoms. The SMILES string of the molecule is COCc1cc2c(c(OCOCC[Si](C)(C)C)c1B1OC(C)(C)C(C)(C)O1)CCO2. The third kappa shape index (κ3) is 5.05. The monoisotopic (exact) mass is 436 g/mol. The van der Waals surface area contributed by atoms with Gasteiger partial charge in [0.15, 0.2) is 6.79 Å². The number of hydrogen-bond donors (Lipinski definition) is 0. The van der Waals surface area contributed by atoms with E-state index in [1.54, 1.807) is 7.11 Å². The second kappa shape index (κ2) is 8.82. The van der Waals surface area contributed by atoms with Crippen LogP contribution in [0.5, 0.6) is 11.5 Å². The first kappa shape index (κ1) is 23.6. The predicted molar refractivity (Wildman–Crippen MR) is 122 cm³/mol. The first-order valence-corrected chi connectivity index (χ1v) is 14.5. The van der Waals surface area contributed by atoms with Crippen LogP contribution in [0.3, 0.4) is 0 Å². The number of rotatable bonds is 9. The van der Waals surface area contributed by atoms with Crippen molar-refractivity contribution in [2.45, 2.75) is 77.6 Å². The summed E-state index contributed by atoms with van der Waals surface area (Å²) in [6.07, 6.45) is 0.791. The Morgan fingerprint density at radius 3 is 2.37 bits per heavy atom. The molecule has 1 saturated heterocycles. The second-order valence-electron chi connectivity index (χ2n) is 10.4. The zero-order valence-electron chi connectivity index (χ0n) is 19.8. The fourth-order valence-corrected chi connectivity index (χ4v) is 4.33. The molecule has 30 heavy (non-hydrogen) atoms. The fourth-order valence-electron chi connectivity index (χ4n) is 3.57. The van der Waals surface area contributed by atoms with Crippen LogP contribution in [-0.2, 0) is 31.8 Å². The number of fused-ring (bicyclic) bond motifs is 1. The van der Waals surface area contributed by atoms with E-state index in [-0.39, 0.29) is 6.79 Å². The van der Waals surface area contributed by atoms with Gasteiger partial charge in [0.1, 0.15) is 11.5 Å². The Morgan fingerprint density at radius 1 is 1.10 bits per heavy atom. The third-order valence-corrected chi connectivity index (χ3v) is 7.85. The minimum absolute atomic E-state index is 0.194. The van der Waals surface area contributed by atoms with Crippen molar-refractivity contribution in [1.29, 1.82) is 0 Å². The Labute approximate surface area is 182 Å². The molecule has 2 aliphatic heterocycles. The summed E-state index contributed by atoms with van der Waals surface area (Å²) in [7, 11) is -0.000405. The van der Waals surface area contributed by atoms with Gasteiger partial charge in [-0.2, -0.15) is 0 Å². The number of hydrogen-bond acceptors (Lipinski definition) is 6. The van der Waals surface area contributed by atoms with Gasteiger partial charge in [0, 0.05) is 39.2 Å². The minimum Gasteiger partial charge on any atom is -0.493 e. The molecule has 2 heterocycles. The van der Waals surface area contributed by atoms with Gasteiger partial charge in [0.25, 0.3) is 0 Å². The lowest BCUT2D eigenvalue weighted by molar-refractivity contribution is 0.00578. The lowest BCUT2D eigenvalue weighted by Crippen LogP contribution is -2.41. The van der Waals surface area contributed by atoms with E-state index in [4.69, 9.17) is 28.3 Å². The molecule has 168 valence electrons. The topological polar surface area (TPSA) is 55.4 Å². The van der Waals surface area contributed by atoms with E-state index >= 15 is 0 Å². The van der Waals surface area contributed by atoms with Crippen molar-refractivity contribution >= 4 is 20.7 Å². The first-order valence-electron chi connectivity index (χ1n) is 10.8. The van der Waals surface area contributed by atoms with Crippen LogP contribution < -0.4 is 14.9 Å². The average molecular weight is 436 g/mol. The number of ether oxygens (including phenoxy) is 4. The summed E-state index contributed by atoms with van der Waals surface area (Å²) in [6.45, 7) is 17.2. The average Bonchev–Trinajstić information content (AvgIpc) is 3.15. The maximum Gasteiger partial charge on any atom is 0.499 e. The van der Waals surface area contributed by atoms with Crippen LogP contribution in [0.4, 0.5) is 0 Å². The zero-order chi connectivity index (χ0) is 22.2. The summed E-state index contributed by atoms with van der Waals surface area (Å²) in [4.78, 5) is 0. The first-order chi connectivity index (χ1) is 14.0. The highest BCUT2D eigenvalue weighted by Crippen LogP contribution is 2.40. The van der Waals surface area contributed by atoms with Crippen molar-refractivity contribution in [2.75, 3.05) is 27.1 Å². The second-order valence-corrected chi connectivity index (χ2v) is 16.0. The van der Waals surface area contributed by atoms with E-state index in [1.807, 2.05) is 6.07 Å². The molecule has 0 spiro atoms. The van der Waals surface area contributed by atoms with Crippen molar-refractivity contribution in [3.05, 3.63) is 17.2 Å². The Balaban J connectivity index is 1.90. The van der Waals surface area contributed by atoms with Crippen molar-refractivity contribution in [2.24, 2.45) is 0 Å². The largest absolute Gasteiger partial charge is 0.499 e. The summed E-state index contributed by atoms with van der Waals surface area (Å²) in [5.74, 6) is 1.60. The van der Waals surface area contributed by atoms with Crippen LogP contribution in [0.15, 0.2) is 6.07 Å². The molecule has 1 aromatic rings. The molecular weight excluding hydrogens is 399 g/mol. The van der Waals surface area contributed by atoms with Crippen LogP contribution in [0, 0.1) is 0 Å². The van der Waals surface area contributed by atoms with Gasteiger partial charge in [0.2, 0.25) is 0 Å². The summed E-state index contributed by atoms with van der Waals surface area (Å²) in [6, 6.07) is 3.14. The molecular formula is C22H37BO6Si. The molecule has 0 aromatic heterocycles. The van der Waals surface area contributed by atoms with Crippen molar-refractivity contribution in [3.63, 3.8) is 0 Å². The van der Waals surface area contributed by atoms with Gasteiger partial charge in [0.05, 0.1) is 24.4 Å². The Kier molecular flexibility index (Phi) is 6.94. The number of methoxy groups -OCH3 is 1.